The number of rotatable bonds is 3. The van der Waals surface area contributed by atoms with E-state index in [2.05, 4.69) is 10.3 Å². The van der Waals surface area contributed by atoms with Crippen molar-refractivity contribution in [3.63, 3.8) is 0 Å². The number of nitrogen functional groups attached to an aromatic ring is 1. The fourth-order valence-corrected chi connectivity index (χ4v) is 2.35. The van der Waals surface area contributed by atoms with Crippen molar-refractivity contribution in [2.24, 2.45) is 5.92 Å². The SMILES string of the molecule is Cc1ncc(N)cc1C(=O)NCC1CCCC1O. The fraction of sp³-hybridized carbons (Fsp3) is 0.538. The molecule has 1 aromatic rings. The molecule has 18 heavy (non-hydrogen) atoms. The van der Waals surface area contributed by atoms with Crippen molar-refractivity contribution in [2.75, 3.05) is 12.3 Å². The summed E-state index contributed by atoms with van der Waals surface area (Å²) >= 11 is 0. The molecule has 1 aliphatic rings. The third kappa shape index (κ3) is 2.79. The van der Waals surface area contributed by atoms with Gasteiger partial charge in [-0.05, 0) is 25.8 Å². The molecule has 0 spiro atoms. The van der Waals surface area contributed by atoms with E-state index in [0.717, 1.165) is 19.3 Å². The number of hydrogen-bond donors (Lipinski definition) is 3. The van der Waals surface area contributed by atoms with Gasteiger partial charge in [0.2, 0.25) is 0 Å². The van der Waals surface area contributed by atoms with Crippen LogP contribution in [0.15, 0.2) is 12.3 Å². The third-order valence-electron chi connectivity index (χ3n) is 3.50. The van der Waals surface area contributed by atoms with Crippen LogP contribution in [0.25, 0.3) is 0 Å². The number of carbonyl (C=O) groups is 1. The maximum atomic E-state index is 12.0. The van der Waals surface area contributed by atoms with Crippen molar-refractivity contribution in [1.29, 1.82) is 0 Å². The fourth-order valence-electron chi connectivity index (χ4n) is 2.35. The van der Waals surface area contributed by atoms with Gasteiger partial charge in [0.1, 0.15) is 0 Å². The lowest BCUT2D eigenvalue weighted by Gasteiger charge is -2.15. The van der Waals surface area contributed by atoms with E-state index in [-0.39, 0.29) is 17.9 Å². The van der Waals surface area contributed by atoms with Gasteiger partial charge >= 0.3 is 0 Å². The number of aromatic nitrogens is 1. The van der Waals surface area contributed by atoms with Crippen molar-refractivity contribution in [2.45, 2.75) is 32.3 Å². The van der Waals surface area contributed by atoms with E-state index >= 15 is 0 Å². The first kappa shape index (κ1) is 12.8. The van der Waals surface area contributed by atoms with Crippen LogP contribution in [0.2, 0.25) is 0 Å². The lowest BCUT2D eigenvalue weighted by atomic mass is 10.1. The summed E-state index contributed by atoms with van der Waals surface area (Å²) in [6.45, 7) is 2.28. The summed E-state index contributed by atoms with van der Waals surface area (Å²) < 4.78 is 0. The van der Waals surface area contributed by atoms with E-state index in [4.69, 9.17) is 5.73 Å². The van der Waals surface area contributed by atoms with Gasteiger partial charge in [0, 0.05) is 12.5 Å². The van der Waals surface area contributed by atoms with Gasteiger partial charge in [0.15, 0.2) is 0 Å². The summed E-state index contributed by atoms with van der Waals surface area (Å²) in [5.74, 6) is -0.00493. The van der Waals surface area contributed by atoms with Gasteiger partial charge < -0.3 is 16.2 Å². The molecule has 0 aliphatic heterocycles. The number of aliphatic hydroxyl groups is 1. The van der Waals surface area contributed by atoms with E-state index in [1.807, 2.05) is 0 Å². The topological polar surface area (TPSA) is 88.2 Å². The van der Waals surface area contributed by atoms with Gasteiger partial charge in [-0.2, -0.15) is 0 Å². The molecule has 1 aliphatic carbocycles. The van der Waals surface area contributed by atoms with Crippen molar-refractivity contribution in [3.05, 3.63) is 23.5 Å². The molecule has 98 valence electrons. The van der Waals surface area contributed by atoms with Crippen LogP contribution in [0.3, 0.4) is 0 Å². The normalized spacial score (nSPS) is 23.0. The van der Waals surface area contributed by atoms with Crippen LogP contribution in [0.1, 0.15) is 35.3 Å². The Balaban J connectivity index is 1.97. The van der Waals surface area contributed by atoms with Gasteiger partial charge in [0.25, 0.3) is 5.91 Å². The van der Waals surface area contributed by atoms with Crippen LogP contribution in [0.5, 0.6) is 0 Å². The molecule has 1 heterocycles. The maximum absolute atomic E-state index is 12.0. The molecule has 2 atom stereocenters. The van der Waals surface area contributed by atoms with Gasteiger partial charge in [-0.3, -0.25) is 9.78 Å². The Labute approximate surface area is 106 Å². The highest BCUT2D eigenvalue weighted by Crippen LogP contribution is 2.24. The Hall–Kier alpha value is -1.62. The van der Waals surface area contributed by atoms with Gasteiger partial charge in [0.05, 0.1) is 29.2 Å². The molecule has 1 aromatic heterocycles. The molecule has 1 amide bonds. The number of nitrogens with zero attached hydrogens (tertiary/aromatic N) is 1. The van der Waals surface area contributed by atoms with E-state index in [9.17, 15) is 9.90 Å². The van der Waals surface area contributed by atoms with Gasteiger partial charge in [-0.25, -0.2) is 0 Å². The Morgan fingerprint density at radius 2 is 2.39 bits per heavy atom. The zero-order valence-corrected chi connectivity index (χ0v) is 10.5. The number of amides is 1. The molecular weight excluding hydrogens is 230 g/mol. The number of pyridine rings is 1. The zero-order chi connectivity index (χ0) is 13.1. The van der Waals surface area contributed by atoms with Crippen LogP contribution >= 0.6 is 0 Å². The molecule has 5 nitrogen and oxygen atoms in total. The van der Waals surface area contributed by atoms with Crippen LogP contribution < -0.4 is 11.1 Å². The van der Waals surface area contributed by atoms with E-state index < -0.39 is 0 Å². The third-order valence-corrected chi connectivity index (χ3v) is 3.50. The molecule has 5 heteroatoms. The lowest BCUT2D eigenvalue weighted by molar-refractivity contribution is 0.0916. The molecule has 0 aromatic carbocycles. The first-order valence-corrected chi connectivity index (χ1v) is 6.26. The summed E-state index contributed by atoms with van der Waals surface area (Å²) in [5, 5.41) is 12.5. The largest absolute Gasteiger partial charge is 0.397 e. The standard InChI is InChI=1S/C13H19N3O2/c1-8-11(5-10(14)7-15-8)13(18)16-6-9-3-2-4-12(9)17/h5,7,9,12,17H,2-4,6,14H2,1H3,(H,16,18). The minimum Gasteiger partial charge on any atom is -0.397 e. The average molecular weight is 249 g/mol. The molecule has 0 radical (unpaired) electrons. The quantitative estimate of drug-likeness (QED) is 0.741. The minimum absolute atomic E-state index is 0.170. The summed E-state index contributed by atoms with van der Waals surface area (Å²) in [7, 11) is 0. The Morgan fingerprint density at radius 3 is 3.06 bits per heavy atom. The minimum atomic E-state index is -0.287. The summed E-state index contributed by atoms with van der Waals surface area (Å²) in [6, 6.07) is 1.63. The predicted molar refractivity (Wildman–Crippen MR) is 69.1 cm³/mol. The van der Waals surface area contributed by atoms with Crippen LogP contribution in [0.4, 0.5) is 5.69 Å². The van der Waals surface area contributed by atoms with E-state index in [1.165, 1.54) is 6.20 Å². The van der Waals surface area contributed by atoms with E-state index in [0.29, 0.717) is 23.5 Å². The molecule has 4 N–H and O–H groups in total. The number of carbonyl (C=O) groups excluding carboxylic acids is 1. The second-order valence-corrected chi connectivity index (χ2v) is 4.87. The number of aryl methyl sites for hydroxylation is 1. The monoisotopic (exact) mass is 249 g/mol. The van der Waals surface area contributed by atoms with Crippen molar-refractivity contribution >= 4 is 11.6 Å². The van der Waals surface area contributed by atoms with Gasteiger partial charge in [-0.1, -0.05) is 6.42 Å². The first-order valence-electron chi connectivity index (χ1n) is 6.26. The van der Waals surface area contributed by atoms with Crippen molar-refractivity contribution in [1.82, 2.24) is 10.3 Å². The van der Waals surface area contributed by atoms with Gasteiger partial charge in [-0.15, -0.1) is 0 Å². The number of aliphatic hydroxyl groups excluding tert-OH is 1. The van der Waals surface area contributed by atoms with Crippen LogP contribution in [0, 0.1) is 12.8 Å². The number of nitrogens with one attached hydrogen (secondary N) is 1. The number of nitrogens with two attached hydrogens (primary N) is 1. The Bertz CT molecular complexity index is 448. The summed E-state index contributed by atoms with van der Waals surface area (Å²) in [5.41, 5.74) is 7.26. The molecule has 2 unspecified atom stereocenters. The lowest BCUT2D eigenvalue weighted by Crippen LogP contribution is -2.33. The van der Waals surface area contributed by atoms with E-state index in [1.54, 1.807) is 13.0 Å². The van der Waals surface area contributed by atoms with Crippen LogP contribution in [-0.2, 0) is 0 Å². The highest BCUT2D eigenvalue weighted by atomic mass is 16.3. The molecular formula is C13H19N3O2. The second kappa shape index (κ2) is 5.35. The predicted octanol–water partition coefficient (Wildman–Crippen LogP) is 0.863. The highest BCUT2D eigenvalue weighted by Gasteiger charge is 2.25. The maximum Gasteiger partial charge on any atom is 0.253 e. The Kier molecular flexibility index (Phi) is 3.81. The number of anilines is 1. The summed E-state index contributed by atoms with van der Waals surface area (Å²) in [6.07, 6.45) is 4.08. The van der Waals surface area contributed by atoms with Crippen molar-refractivity contribution < 1.29 is 9.90 Å². The molecule has 2 rings (SSSR count). The molecule has 1 saturated carbocycles. The smallest absolute Gasteiger partial charge is 0.253 e. The summed E-state index contributed by atoms with van der Waals surface area (Å²) in [4.78, 5) is 16.1. The number of hydrogen-bond acceptors (Lipinski definition) is 4. The molecule has 0 bridgehead atoms. The average Bonchev–Trinajstić information content (AvgIpc) is 2.75. The first-order chi connectivity index (χ1) is 8.58. The molecule has 1 fully saturated rings. The molecule has 0 saturated heterocycles. The Morgan fingerprint density at radius 1 is 1.61 bits per heavy atom. The second-order valence-electron chi connectivity index (χ2n) is 4.87. The highest BCUT2D eigenvalue weighted by molar-refractivity contribution is 5.95. The van der Waals surface area contributed by atoms with Crippen molar-refractivity contribution in [3.8, 4) is 0 Å². The zero-order valence-electron chi connectivity index (χ0n) is 10.5. The van der Waals surface area contributed by atoms with Crippen LogP contribution in [-0.4, -0.2) is 28.6 Å².